The van der Waals surface area contributed by atoms with E-state index in [1.165, 1.54) is 6.33 Å². The lowest BCUT2D eigenvalue weighted by Crippen LogP contribution is -2.47. The van der Waals surface area contributed by atoms with Crippen molar-refractivity contribution in [2.45, 2.75) is 18.4 Å². The second-order valence-electron chi connectivity index (χ2n) is 5.91. The molecule has 1 aliphatic heterocycles. The highest BCUT2D eigenvalue weighted by molar-refractivity contribution is 7.98. The summed E-state index contributed by atoms with van der Waals surface area (Å²) in [5.74, 6) is 1.63. The zero-order chi connectivity index (χ0) is 17.2. The van der Waals surface area contributed by atoms with Gasteiger partial charge in [0.2, 0.25) is 0 Å². The van der Waals surface area contributed by atoms with E-state index in [1.54, 1.807) is 7.11 Å². The van der Waals surface area contributed by atoms with Crippen molar-refractivity contribution in [1.29, 1.82) is 5.41 Å². The van der Waals surface area contributed by atoms with Gasteiger partial charge >= 0.3 is 0 Å². The fourth-order valence-electron chi connectivity index (χ4n) is 3.05. The number of hydrogen-bond acceptors (Lipinski definition) is 7. The molecule has 1 fully saturated rings. The number of para-hydroxylation sites is 1. The van der Waals surface area contributed by atoms with Crippen LogP contribution in [0.3, 0.4) is 0 Å². The van der Waals surface area contributed by atoms with Crippen molar-refractivity contribution in [3.8, 4) is 5.75 Å². The molecule has 2 N–H and O–H groups in total. The van der Waals surface area contributed by atoms with Crippen LogP contribution in [0.1, 0.15) is 12.8 Å². The first-order chi connectivity index (χ1) is 11.6. The summed E-state index contributed by atoms with van der Waals surface area (Å²) >= 11 is 0. The SMILES string of the molecule is COc1cccc2c(N3CCC(O)(CS(=O)C=N)CC3)ncnc12. The molecule has 0 aliphatic carbocycles. The summed E-state index contributed by atoms with van der Waals surface area (Å²) in [6.45, 7) is 1.21. The second kappa shape index (κ2) is 6.82. The molecular weight excluding hydrogens is 328 g/mol. The zero-order valence-corrected chi connectivity index (χ0v) is 14.3. The average molecular weight is 348 g/mol. The summed E-state index contributed by atoms with van der Waals surface area (Å²) in [7, 11) is 0.197. The van der Waals surface area contributed by atoms with Gasteiger partial charge < -0.3 is 14.7 Å². The number of ether oxygens (including phenoxy) is 1. The Balaban J connectivity index is 1.83. The molecule has 128 valence electrons. The van der Waals surface area contributed by atoms with Gasteiger partial charge in [-0.15, -0.1) is 0 Å². The van der Waals surface area contributed by atoms with Crippen LogP contribution in [-0.2, 0) is 10.8 Å². The number of aromatic nitrogens is 2. The molecule has 0 spiro atoms. The van der Waals surface area contributed by atoms with E-state index in [1.807, 2.05) is 18.2 Å². The predicted octanol–water partition coefficient (Wildman–Crippen LogP) is 1.33. The highest BCUT2D eigenvalue weighted by Gasteiger charge is 2.34. The number of fused-ring (bicyclic) bond motifs is 1. The van der Waals surface area contributed by atoms with Gasteiger partial charge in [-0.25, -0.2) is 9.97 Å². The fraction of sp³-hybridized carbons (Fsp3) is 0.438. The molecule has 3 rings (SSSR count). The minimum absolute atomic E-state index is 0.114. The number of methoxy groups -OCH3 is 1. The lowest BCUT2D eigenvalue weighted by atomic mass is 9.93. The van der Waals surface area contributed by atoms with Gasteiger partial charge in [-0.1, -0.05) is 6.07 Å². The molecule has 24 heavy (non-hydrogen) atoms. The summed E-state index contributed by atoms with van der Waals surface area (Å²) in [5, 5.41) is 18.5. The first kappa shape index (κ1) is 16.8. The van der Waals surface area contributed by atoms with E-state index in [0.29, 0.717) is 31.7 Å². The van der Waals surface area contributed by atoms with Gasteiger partial charge in [-0.05, 0) is 25.0 Å². The van der Waals surface area contributed by atoms with Gasteiger partial charge in [0.25, 0.3) is 0 Å². The van der Waals surface area contributed by atoms with Crippen LogP contribution in [-0.4, -0.2) is 56.4 Å². The van der Waals surface area contributed by atoms with Gasteiger partial charge in [0, 0.05) is 18.5 Å². The Kier molecular flexibility index (Phi) is 4.77. The highest BCUT2D eigenvalue weighted by Crippen LogP contribution is 2.32. The van der Waals surface area contributed by atoms with E-state index in [4.69, 9.17) is 10.1 Å². The molecule has 0 bridgehead atoms. The number of hydrogen-bond donors (Lipinski definition) is 2. The molecule has 2 aromatic rings. The van der Waals surface area contributed by atoms with Crippen LogP contribution in [0.5, 0.6) is 5.75 Å². The lowest BCUT2D eigenvalue weighted by molar-refractivity contribution is 0.0393. The maximum absolute atomic E-state index is 11.5. The smallest absolute Gasteiger partial charge is 0.145 e. The van der Waals surface area contributed by atoms with E-state index in [0.717, 1.165) is 22.3 Å². The summed E-state index contributed by atoms with van der Waals surface area (Å²) < 4.78 is 16.9. The number of piperidine rings is 1. The quantitative estimate of drug-likeness (QED) is 0.625. The van der Waals surface area contributed by atoms with Gasteiger partial charge in [0.15, 0.2) is 0 Å². The molecule has 1 unspecified atom stereocenters. The Bertz CT molecular complexity index is 775. The van der Waals surface area contributed by atoms with Crippen LogP contribution in [0.25, 0.3) is 10.9 Å². The number of anilines is 1. The monoisotopic (exact) mass is 348 g/mol. The van der Waals surface area contributed by atoms with Crippen LogP contribution >= 0.6 is 0 Å². The summed E-state index contributed by atoms with van der Waals surface area (Å²) in [6, 6.07) is 5.72. The minimum atomic E-state index is -1.42. The molecule has 7 nitrogen and oxygen atoms in total. The van der Waals surface area contributed by atoms with E-state index in [-0.39, 0.29) is 5.75 Å². The molecule has 1 aliphatic rings. The fourth-order valence-corrected chi connectivity index (χ4v) is 3.95. The number of benzene rings is 1. The topological polar surface area (TPSA) is 99.4 Å². The van der Waals surface area contributed by atoms with Crippen LogP contribution < -0.4 is 9.64 Å². The number of nitrogens with one attached hydrogen (secondary N) is 1. The Hall–Kier alpha value is -2.06. The Morgan fingerprint density at radius 1 is 1.42 bits per heavy atom. The summed E-state index contributed by atoms with van der Waals surface area (Å²) in [6.07, 6.45) is 2.50. The molecule has 0 amide bonds. The predicted molar refractivity (Wildman–Crippen MR) is 94.3 cm³/mol. The van der Waals surface area contributed by atoms with Crippen molar-refractivity contribution in [2.75, 3.05) is 30.9 Å². The molecule has 8 heteroatoms. The van der Waals surface area contributed by atoms with Gasteiger partial charge in [-0.2, -0.15) is 0 Å². The van der Waals surface area contributed by atoms with E-state index in [9.17, 15) is 9.32 Å². The Morgan fingerprint density at radius 3 is 2.83 bits per heavy atom. The molecular formula is C16H20N4O3S. The molecule has 2 heterocycles. The highest BCUT2D eigenvalue weighted by atomic mass is 32.2. The van der Waals surface area contributed by atoms with Crippen LogP contribution in [0, 0.1) is 5.41 Å². The summed E-state index contributed by atoms with van der Waals surface area (Å²) in [4.78, 5) is 10.8. The molecule has 1 aromatic carbocycles. The maximum Gasteiger partial charge on any atom is 0.145 e. The van der Waals surface area contributed by atoms with Crippen molar-refractivity contribution in [3.05, 3.63) is 24.5 Å². The maximum atomic E-state index is 11.5. The molecule has 0 saturated carbocycles. The van der Waals surface area contributed by atoms with Gasteiger partial charge in [0.1, 0.15) is 23.4 Å². The van der Waals surface area contributed by atoms with E-state index < -0.39 is 16.4 Å². The van der Waals surface area contributed by atoms with Crippen LogP contribution in [0.4, 0.5) is 5.82 Å². The third-order valence-corrected chi connectivity index (χ3v) is 5.45. The summed E-state index contributed by atoms with van der Waals surface area (Å²) in [5.41, 5.74) is 0.657. The van der Waals surface area contributed by atoms with Crippen molar-refractivity contribution >= 4 is 33.1 Å². The van der Waals surface area contributed by atoms with Crippen LogP contribution in [0.15, 0.2) is 24.5 Å². The molecule has 1 atom stereocenters. The molecule has 1 aromatic heterocycles. The lowest BCUT2D eigenvalue weighted by Gasteiger charge is -2.38. The largest absolute Gasteiger partial charge is 0.494 e. The van der Waals surface area contributed by atoms with Crippen LogP contribution in [0.2, 0.25) is 0 Å². The molecule has 1 saturated heterocycles. The van der Waals surface area contributed by atoms with Crippen molar-refractivity contribution in [1.82, 2.24) is 9.97 Å². The zero-order valence-electron chi connectivity index (χ0n) is 13.4. The first-order valence-electron chi connectivity index (χ1n) is 7.69. The number of aliphatic hydroxyl groups is 1. The minimum Gasteiger partial charge on any atom is -0.494 e. The van der Waals surface area contributed by atoms with Gasteiger partial charge in [-0.3, -0.25) is 9.62 Å². The second-order valence-corrected chi connectivity index (χ2v) is 7.19. The first-order valence-corrected chi connectivity index (χ1v) is 9.07. The van der Waals surface area contributed by atoms with Crippen molar-refractivity contribution < 1.29 is 14.1 Å². The normalized spacial score (nSPS) is 18.3. The Labute approximate surface area is 142 Å². The third kappa shape index (κ3) is 3.25. The average Bonchev–Trinajstić information content (AvgIpc) is 2.61. The van der Waals surface area contributed by atoms with Crippen molar-refractivity contribution in [3.63, 3.8) is 0 Å². The Morgan fingerprint density at radius 2 is 2.17 bits per heavy atom. The van der Waals surface area contributed by atoms with Crippen molar-refractivity contribution in [2.24, 2.45) is 0 Å². The third-order valence-electron chi connectivity index (χ3n) is 4.36. The number of rotatable bonds is 5. The van der Waals surface area contributed by atoms with E-state index in [2.05, 4.69) is 14.9 Å². The number of nitrogens with zero attached hydrogens (tertiary/aromatic N) is 3. The van der Waals surface area contributed by atoms with Gasteiger partial charge in [0.05, 0.1) is 34.8 Å². The molecule has 0 radical (unpaired) electrons. The standard InChI is InChI=1S/C16H20N4O3S/c1-23-13-4-2-3-12-14(13)18-11-19-15(12)20-7-5-16(21,6-8-20)9-24(22)10-17/h2-4,10-11,17,21H,5-9H2,1H3. The van der Waals surface area contributed by atoms with E-state index >= 15 is 0 Å².